The second-order valence-corrected chi connectivity index (χ2v) is 6.46. The molecule has 0 saturated carbocycles. The molecule has 1 aliphatic heterocycles. The number of hydrogen-bond acceptors (Lipinski definition) is 5. The van der Waals surface area contributed by atoms with Gasteiger partial charge in [-0.15, -0.1) is 0 Å². The highest BCUT2D eigenvalue weighted by Crippen LogP contribution is 2.30. The van der Waals surface area contributed by atoms with Crippen molar-refractivity contribution in [3.63, 3.8) is 0 Å². The molecule has 4 rings (SSSR count). The van der Waals surface area contributed by atoms with Gasteiger partial charge >= 0.3 is 5.97 Å². The van der Waals surface area contributed by atoms with E-state index in [0.29, 0.717) is 25.5 Å². The average Bonchev–Trinajstić information content (AvgIpc) is 2.73. The van der Waals surface area contributed by atoms with Gasteiger partial charge in [0.2, 0.25) is 0 Å². The van der Waals surface area contributed by atoms with Gasteiger partial charge < -0.3 is 19.5 Å². The summed E-state index contributed by atoms with van der Waals surface area (Å²) in [7, 11) is 1.66. The fourth-order valence-corrected chi connectivity index (χ4v) is 3.43. The van der Waals surface area contributed by atoms with Crippen LogP contribution in [0.1, 0.15) is 22.0 Å². The van der Waals surface area contributed by atoms with Crippen LogP contribution in [0.15, 0.2) is 54.7 Å². The molecule has 138 valence electrons. The van der Waals surface area contributed by atoms with Gasteiger partial charge in [0.1, 0.15) is 23.2 Å². The number of carboxylic acids is 1. The zero-order valence-corrected chi connectivity index (χ0v) is 15.0. The van der Waals surface area contributed by atoms with Crippen LogP contribution in [0.5, 0.6) is 5.75 Å². The summed E-state index contributed by atoms with van der Waals surface area (Å²) in [4.78, 5) is 17.8. The minimum Gasteiger partial charge on any atom is -0.497 e. The fourth-order valence-electron chi connectivity index (χ4n) is 3.43. The van der Waals surface area contributed by atoms with E-state index < -0.39 is 5.97 Å². The van der Waals surface area contributed by atoms with E-state index in [0.717, 1.165) is 22.1 Å². The van der Waals surface area contributed by atoms with Gasteiger partial charge in [0.15, 0.2) is 0 Å². The molecule has 0 bridgehead atoms. The largest absolute Gasteiger partial charge is 0.497 e. The molecule has 3 aromatic rings. The summed E-state index contributed by atoms with van der Waals surface area (Å²) < 4.78 is 11.2. The van der Waals surface area contributed by atoms with Crippen molar-refractivity contribution in [3.05, 3.63) is 65.9 Å². The molecule has 1 atom stereocenters. The van der Waals surface area contributed by atoms with Crippen molar-refractivity contribution in [2.45, 2.75) is 6.10 Å². The normalized spacial score (nSPS) is 17.1. The fraction of sp³-hybridized carbons (Fsp3) is 0.238. The Bertz CT molecular complexity index is 989. The summed E-state index contributed by atoms with van der Waals surface area (Å²) in [6.07, 6.45) is 1.48. The lowest BCUT2D eigenvalue weighted by atomic mass is 10.0. The van der Waals surface area contributed by atoms with Gasteiger partial charge in [-0.3, -0.25) is 0 Å². The number of carboxylic acid groups (broad SMARTS) is 1. The molecule has 6 nitrogen and oxygen atoms in total. The monoisotopic (exact) mass is 364 g/mol. The van der Waals surface area contributed by atoms with E-state index in [-0.39, 0.29) is 11.7 Å². The van der Waals surface area contributed by atoms with E-state index >= 15 is 0 Å². The van der Waals surface area contributed by atoms with E-state index in [9.17, 15) is 9.90 Å². The number of aromatic carboxylic acids is 1. The number of carbonyl (C=O) groups is 1. The molecule has 0 aliphatic carbocycles. The zero-order chi connectivity index (χ0) is 18.8. The first kappa shape index (κ1) is 17.3. The maximum absolute atomic E-state index is 11.5. The highest BCUT2D eigenvalue weighted by Gasteiger charge is 2.26. The number of ether oxygens (including phenoxy) is 2. The van der Waals surface area contributed by atoms with Crippen LogP contribution >= 0.6 is 0 Å². The highest BCUT2D eigenvalue weighted by molar-refractivity contribution is 5.93. The first-order chi connectivity index (χ1) is 13.2. The lowest BCUT2D eigenvalue weighted by molar-refractivity contribution is 0.0393. The number of pyridine rings is 1. The number of benzene rings is 2. The predicted molar refractivity (Wildman–Crippen MR) is 103 cm³/mol. The van der Waals surface area contributed by atoms with Gasteiger partial charge in [-0.1, -0.05) is 18.2 Å². The van der Waals surface area contributed by atoms with Crippen molar-refractivity contribution in [1.29, 1.82) is 0 Å². The van der Waals surface area contributed by atoms with Crippen LogP contribution in [0.2, 0.25) is 0 Å². The summed E-state index contributed by atoms with van der Waals surface area (Å²) in [5.41, 5.74) is 1.27. The summed E-state index contributed by atoms with van der Waals surface area (Å²) in [6, 6.07) is 15.4. The summed E-state index contributed by atoms with van der Waals surface area (Å²) in [5, 5.41) is 11.6. The summed E-state index contributed by atoms with van der Waals surface area (Å²) in [6.45, 7) is 1.68. The molecule has 1 N–H and O–H groups in total. The molecule has 27 heavy (non-hydrogen) atoms. The second kappa shape index (κ2) is 7.25. The minimum absolute atomic E-state index is 0.145. The maximum atomic E-state index is 11.5. The minimum atomic E-state index is -0.971. The molecule has 2 aromatic carbocycles. The van der Waals surface area contributed by atoms with Gasteiger partial charge in [0, 0.05) is 19.3 Å². The standard InChI is InChI=1S/C21H20N2O4/c1-26-17-7-6-14-11-16(5-4-15(14)12-17)19-13-23(9-10-27-19)20-18(21(24)25)3-2-8-22-20/h2-8,11-12,19H,9-10,13H2,1H3,(H,24,25)/t19-/m1/s1. The van der Waals surface area contributed by atoms with E-state index in [2.05, 4.69) is 17.1 Å². The lowest BCUT2D eigenvalue weighted by Gasteiger charge is -2.34. The number of hydrogen-bond donors (Lipinski definition) is 1. The molecule has 0 amide bonds. The SMILES string of the molecule is COc1ccc2cc([C@H]3CN(c4ncccc4C(=O)O)CCO3)ccc2c1. The van der Waals surface area contributed by atoms with E-state index in [1.54, 1.807) is 25.4 Å². The van der Waals surface area contributed by atoms with Crippen LogP contribution in [-0.2, 0) is 4.74 Å². The van der Waals surface area contributed by atoms with Gasteiger partial charge in [0.05, 0.1) is 13.7 Å². The smallest absolute Gasteiger partial charge is 0.339 e. The maximum Gasteiger partial charge on any atom is 0.339 e. The molecule has 2 heterocycles. The van der Waals surface area contributed by atoms with Crippen molar-refractivity contribution in [3.8, 4) is 5.75 Å². The Hall–Kier alpha value is -3.12. The number of nitrogens with zero attached hydrogens (tertiary/aromatic N) is 2. The van der Waals surface area contributed by atoms with Crippen molar-refractivity contribution < 1.29 is 19.4 Å². The van der Waals surface area contributed by atoms with Crippen LogP contribution in [0.3, 0.4) is 0 Å². The van der Waals surface area contributed by atoms with Gasteiger partial charge in [-0.05, 0) is 46.7 Å². The van der Waals surface area contributed by atoms with Crippen molar-refractivity contribution in [2.24, 2.45) is 0 Å². The van der Waals surface area contributed by atoms with Crippen molar-refractivity contribution >= 4 is 22.6 Å². The number of morpholine rings is 1. The Morgan fingerprint density at radius 3 is 2.85 bits per heavy atom. The lowest BCUT2D eigenvalue weighted by Crippen LogP contribution is -2.39. The first-order valence-corrected chi connectivity index (χ1v) is 8.78. The zero-order valence-electron chi connectivity index (χ0n) is 15.0. The molecule has 1 aliphatic rings. The van der Waals surface area contributed by atoms with Gasteiger partial charge in [-0.25, -0.2) is 9.78 Å². The third kappa shape index (κ3) is 3.44. The van der Waals surface area contributed by atoms with Crippen molar-refractivity contribution in [1.82, 2.24) is 4.98 Å². The van der Waals surface area contributed by atoms with E-state index in [1.165, 1.54) is 0 Å². The number of fused-ring (bicyclic) bond motifs is 1. The van der Waals surface area contributed by atoms with Crippen molar-refractivity contribution in [2.75, 3.05) is 31.7 Å². The number of aromatic nitrogens is 1. The average molecular weight is 364 g/mol. The number of rotatable bonds is 4. The molecular formula is C21H20N2O4. The summed E-state index contributed by atoms with van der Waals surface area (Å²) >= 11 is 0. The Morgan fingerprint density at radius 2 is 2.04 bits per heavy atom. The molecule has 0 radical (unpaired) electrons. The Labute approximate surface area is 157 Å². The summed E-state index contributed by atoms with van der Waals surface area (Å²) in [5.74, 6) is 0.344. The molecular weight excluding hydrogens is 344 g/mol. The molecule has 0 unspecified atom stereocenters. The van der Waals surface area contributed by atoms with Gasteiger partial charge in [-0.2, -0.15) is 0 Å². The van der Waals surface area contributed by atoms with Crippen LogP contribution in [-0.4, -0.2) is 42.9 Å². The van der Waals surface area contributed by atoms with Crippen LogP contribution in [0, 0.1) is 0 Å². The second-order valence-electron chi connectivity index (χ2n) is 6.46. The van der Waals surface area contributed by atoms with Crippen LogP contribution < -0.4 is 9.64 Å². The van der Waals surface area contributed by atoms with Gasteiger partial charge in [0.25, 0.3) is 0 Å². The number of anilines is 1. The highest BCUT2D eigenvalue weighted by atomic mass is 16.5. The third-order valence-electron chi connectivity index (χ3n) is 4.83. The molecule has 0 spiro atoms. The molecule has 6 heteroatoms. The Kier molecular flexibility index (Phi) is 4.64. The molecule has 1 aromatic heterocycles. The topological polar surface area (TPSA) is 71.9 Å². The number of methoxy groups -OCH3 is 1. The predicted octanol–water partition coefficient (Wildman–Crippen LogP) is 3.52. The quantitative estimate of drug-likeness (QED) is 0.764. The molecule has 1 saturated heterocycles. The third-order valence-corrected chi connectivity index (χ3v) is 4.83. The van der Waals surface area contributed by atoms with E-state index in [4.69, 9.17) is 9.47 Å². The van der Waals surface area contributed by atoms with E-state index in [1.807, 2.05) is 29.2 Å². The first-order valence-electron chi connectivity index (χ1n) is 8.78. The molecule has 1 fully saturated rings. The Morgan fingerprint density at radius 1 is 1.22 bits per heavy atom. The Balaban J connectivity index is 1.62. The van der Waals surface area contributed by atoms with Crippen LogP contribution in [0.25, 0.3) is 10.8 Å². The van der Waals surface area contributed by atoms with Crippen LogP contribution in [0.4, 0.5) is 5.82 Å².